The minimum absolute atomic E-state index is 0.367. The van der Waals surface area contributed by atoms with E-state index in [2.05, 4.69) is 0 Å². The quantitative estimate of drug-likeness (QED) is 0.915. The smallest absolute Gasteiger partial charge is 0.410 e. The molecule has 2 amide bonds. The normalized spacial score (nSPS) is 12.6. The zero-order chi connectivity index (χ0) is 15.3. The van der Waals surface area contributed by atoms with Gasteiger partial charge in [-0.05, 0) is 26.3 Å². The van der Waals surface area contributed by atoms with E-state index in [-0.39, 0.29) is 0 Å². The molecule has 0 spiro atoms. The number of primary amides is 1. The molecule has 1 rings (SSSR count). The number of amides is 2. The van der Waals surface area contributed by atoms with E-state index >= 15 is 0 Å². The summed E-state index contributed by atoms with van der Waals surface area (Å²) in [5.41, 5.74) is 5.72. The lowest BCUT2D eigenvalue weighted by atomic mass is 10.0. The van der Waals surface area contributed by atoms with Gasteiger partial charge in [0, 0.05) is 13.5 Å². The molecule has 0 saturated heterocycles. The lowest BCUT2D eigenvalue weighted by molar-refractivity contribution is -0.122. The van der Waals surface area contributed by atoms with Gasteiger partial charge >= 0.3 is 6.09 Å². The molecule has 0 fully saturated rings. The van der Waals surface area contributed by atoms with E-state index in [1.54, 1.807) is 20.8 Å². The minimum Gasteiger partial charge on any atom is -0.444 e. The number of nitrogens with two attached hydrogens (primary N) is 1. The summed E-state index contributed by atoms with van der Waals surface area (Å²) in [6.45, 7) is 5.32. The predicted octanol–water partition coefficient (Wildman–Crippen LogP) is 1.95. The molecule has 0 radical (unpaired) electrons. The number of likely N-dealkylation sites (N-methyl/N-ethyl adjacent to an activating group) is 1. The van der Waals surface area contributed by atoms with Crippen molar-refractivity contribution in [2.75, 3.05) is 7.05 Å². The van der Waals surface area contributed by atoms with Gasteiger partial charge in [0.15, 0.2) is 0 Å². The highest BCUT2D eigenvalue weighted by molar-refractivity contribution is 5.84. The molecule has 5 heteroatoms. The summed E-state index contributed by atoms with van der Waals surface area (Å²) in [6, 6.07) is 8.69. The fourth-order valence-corrected chi connectivity index (χ4v) is 1.73. The van der Waals surface area contributed by atoms with Crippen LogP contribution in [0.25, 0.3) is 0 Å². The molecule has 1 aromatic carbocycles. The van der Waals surface area contributed by atoms with Crippen molar-refractivity contribution in [3.63, 3.8) is 0 Å². The van der Waals surface area contributed by atoms with E-state index in [1.165, 1.54) is 11.9 Å². The van der Waals surface area contributed by atoms with Crippen LogP contribution in [0, 0.1) is 0 Å². The Morgan fingerprint density at radius 3 is 2.25 bits per heavy atom. The Hall–Kier alpha value is -2.04. The molecule has 20 heavy (non-hydrogen) atoms. The van der Waals surface area contributed by atoms with Crippen LogP contribution in [0.1, 0.15) is 26.3 Å². The molecule has 0 aliphatic heterocycles. The van der Waals surface area contributed by atoms with Gasteiger partial charge in [-0.15, -0.1) is 0 Å². The Kier molecular flexibility index (Phi) is 5.13. The van der Waals surface area contributed by atoms with Crippen molar-refractivity contribution in [3.8, 4) is 0 Å². The van der Waals surface area contributed by atoms with Gasteiger partial charge in [0.25, 0.3) is 0 Å². The number of hydrogen-bond donors (Lipinski definition) is 1. The number of hydrogen-bond acceptors (Lipinski definition) is 3. The van der Waals surface area contributed by atoms with Crippen LogP contribution in [-0.2, 0) is 16.0 Å². The maximum Gasteiger partial charge on any atom is 0.410 e. The van der Waals surface area contributed by atoms with Crippen LogP contribution in [0.15, 0.2) is 30.3 Å². The summed E-state index contributed by atoms with van der Waals surface area (Å²) in [4.78, 5) is 24.8. The lowest BCUT2D eigenvalue weighted by Gasteiger charge is -2.29. The summed E-state index contributed by atoms with van der Waals surface area (Å²) in [7, 11) is 1.52. The van der Waals surface area contributed by atoms with Crippen LogP contribution in [0.4, 0.5) is 4.79 Å². The maximum atomic E-state index is 12.0. The van der Waals surface area contributed by atoms with Gasteiger partial charge in [0.05, 0.1) is 0 Å². The molecule has 0 unspecified atom stereocenters. The van der Waals surface area contributed by atoms with E-state index < -0.39 is 23.6 Å². The highest BCUT2D eigenvalue weighted by atomic mass is 16.6. The first-order valence-electron chi connectivity index (χ1n) is 6.50. The van der Waals surface area contributed by atoms with Crippen LogP contribution in [0.3, 0.4) is 0 Å². The first kappa shape index (κ1) is 16.0. The average molecular weight is 278 g/mol. The van der Waals surface area contributed by atoms with E-state index in [0.29, 0.717) is 6.42 Å². The Morgan fingerprint density at radius 1 is 1.25 bits per heavy atom. The van der Waals surface area contributed by atoms with E-state index in [0.717, 1.165) is 5.56 Å². The van der Waals surface area contributed by atoms with E-state index in [9.17, 15) is 9.59 Å². The molecule has 0 aliphatic rings. The van der Waals surface area contributed by atoms with Crippen LogP contribution >= 0.6 is 0 Å². The molecule has 5 nitrogen and oxygen atoms in total. The first-order valence-corrected chi connectivity index (χ1v) is 6.50. The first-order chi connectivity index (χ1) is 9.20. The lowest BCUT2D eigenvalue weighted by Crippen LogP contribution is -2.48. The van der Waals surface area contributed by atoms with Crippen LogP contribution in [0.2, 0.25) is 0 Å². The van der Waals surface area contributed by atoms with Crippen molar-refractivity contribution in [2.45, 2.75) is 38.8 Å². The van der Waals surface area contributed by atoms with Crippen LogP contribution in [0.5, 0.6) is 0 Å². The summed E-state index contributed by atoms with van der Waals surface area (Å²) in [5.74, 6) is -0.554. The highest BCUT2D eigenvalue weighted by Crippen LogP contribution is 2.13. The van der Waals surface area contributed by atoms with E-state index in [1.807, 2.05) is 30.3 Å². The fraction of sp³-hybridized carbons (Fsp3) is 0.467. The van der Waals surface area contributed by atoms with Crippen LogP contribution in [-0.4, -0.2) is 35.6 Å². The molecular weight excluding hydrogens is 256 g/mol. The predicted molar refractivity (Wildman–Crippen MR) is 77.1 cm³/mol. The second-order valence-corrected chi connectivity index (χ2v) is 5.70. The van der Waals surface area contributed by atoms with Crippen molar-refractivity contribution in [1.82, 2.24) is 4.90 Å². The van der Waals surface area contributed by atoms with Crippen LogP contribution < -0.4 is 5.73 Å². The van der Waals surface area contributed by atoms with Gasteiger partial charge in [-0.3, -0.25) is 9.69 Å². The summed E-state index contributed by atoms with van der Waals surface area (Å²) >= 11 is 0. The molecule has 1 atom stereocenters. The molecule has 0 saturated carbocycles. The monoisotopic (exact) mass is 278 g/mol. The molecule has 0 aliphatic carbocycles. The van der Waals surface area contributed by atoms with Gasteiger partial charge in [-0.25, -0.2) is 4.79 Å². The van der Waals surface area contributed by atoms with Gasteiger partial charge in [0.2, 0.25) is 5.91 Å². The van der Waals surface area contributed by atoms with Gasteiger partial charge in [-0.2, -0.15) is 0 Å². The largest absolute Gasteiger partial charge is 0.444 e. The Bertz CT molecular complexity index is 466. The summed E-state index contributed by atoms with van der Waals surface area (Å²) in [6.07, 6.45) is -0.191. The average Bonchev–Trinajstić information content (AvgIpc) is 2.34. The van der Waals surface area contributed by atoms with Gasteiger partial charge in [0.1, 0.15) is 11.6 Å². The Balaban J connectivity index is 2.81. The molecule has 110 valence electrons. The summed E-state index contributed by atoms with van der Waals surface area (Å²) < 4.78 is 5.25. The van der Waals surface area contributed by atoms with Crippen molar-refractivity contribution in [1.29, 1.82) is 0 Å². The minimum atomic E-state index is -0.729. The molecular formula is C15H22N2O3. The van der Waals surface area contributed by atoms with Crippen molar-refractivity contribution in [2.24, 2.45) is 5.73 Å². The standard InChI is InChI=1S/C15H22N2O3/c1-15(2,3)20-14(19)17(4)12(13(16)18)10-11-8-6-5-7-9-11/h5-9,12H,10H2,1-4H3,(H2,16,18)/t12-/m0/s1. The second kappa shape index (κ2) is 6.41. The molecule has 0 bridgehead atoms. The second-order valence-electron chi connectivity index (χ2n) is 5.70. The number of ether oxygens (including phenoxy) is 1. The van der Waals surface area contributed by atoms with Gasteiger partial charge in [-0.1, -0.05) is 30.3 Å². The topological polar surface area (TPSA) is 72.6 Å². The third-order valence-corrected chi connectivity index (χ3v) is 2.75. The third-order valence-electron chi connectivity index (χ3n) is 2.75. The zero-order valence-electron chi connectivity index (χ0n) is 12.4. The van der Waals surface area contributed by atoms with Crippen molar-refractivity contribution in [3.05, 3.63) is 35.9 Å². The zero-order valence-corrected chi connectivity index (χ0v) is 12.4. The number of benzene rings is 1. The molecule has 1 aromatic rings. The number of nitrogens with zero attached hydrogens (tertiary/aromatic N) is 1. The Morgan fingerprint density at radius 2 is 1.80 bits per heavy atom. The molecule has 0 heterocycles. The van der Waals surface area contributed by atoms with Gasteiger partial charge < -0.3 is 10.5 Å². The highest BCUT2D eigenvalue weighted by Gasteiger charge is 2.28. The summed E-state index contributed by atoms with van der Waals surface area (Å²) in [5, 5.41) is 0. The SMILES string of the molecule is CN(C(=O)OC(C)(C)C)[C@@H](Cc1ccccc1)C(N)=O. The molecule has 2 N–H and O–H groups in total. The number of rotatable bonds is 4. The maximum absolute atomic E-state index is 12.0. The molecule has 0 aromatic heterocycles. The fourth-order valence-electron chi connectivity index (χ4n) is 1.73. The van der Waals surface area contributed by atoms with E-state index in [4.69, 9.17) is 10.5 Å². The third kappa shape index (κ3) is 4.91. The number of carbonyl (C=O) groups is 2. The number of carbonyl (C=O) groups excluding carboxylic acids is 2. The van der Waals surface area contributed by atoms with Crippen molar-refractivity contribution < 1.29 is 14.3 Å². The Labute approximate surface area is 119 Å². The van der Waals surface area contributed by atoms with Crippen molar-refractivity contribution >= 4 is 12.0 Å².